The van der Waals surface area contributed by atoms with E-state index in [-0.39, 0.29) is 0 Å². The second-order valence-electron chi connectivity index (χ2n) is 3.34. The zero-order valence-electron chi connectivity index (χ0n) is 8.36. The van der Waals surface area contributed by atoms with Crippen LogP contribution in [0.15, 0.2) is 36.8 Å². The molecule has 0 aliphatic carbocycles. The van der Waals surface area contributed by atoms with Gasteiger partial charge in [0.05, 0.1) is 5.69 Å². The fourth-order valence-corrected chi connectivity index (χ4v) is 1.43. The van der Waals surface area contributed by atoms with Gasteiger partial charge in [-0.2, -0.15) is 0 Å². The van der Waals surface area contributed by atoms with Crippen molar-refractivity contribution in [2.45, 2.75) is 13.8 Å². The minimum absolute atomic E-state index is 1.03. The highest BCUT2D eigenvalue weighted by molar-refractivity contribution is 5.62. The van der Waals surface area contributed by atoms with E-state index in [1.54, 1.807) is 6.20 Å². The number of hydrogen-bond donors (Lipinski definition) is 0. The Bertz CT molecular complexity index is 435. The molecule has 0 spiro atoms. The van der Waals surface area contributed by atoms with E-state index in [1.165, 1.54) is 11.1 Å². The molecule has 0 saturated heterocycles. The van der Waals surface area contributed by atoms with Crippen LogP contribution in [0.25, 0.3) is 11.3 Å². The van der Waals surface area contributed by atoms with Crippen LogP contribution in [0.1, 0.15) is 11.1 Å². The predicted octanol–water partition coefficient (Wildman–Crippen LogP) is 2.76. The number of hydrogen-bond acceptors (Lipinski definition) is 2. The molecule has 0 saturated carbocycles. The molecule has 0 amide bonds. The third-order valence-corrected chi connectivity index (χ3v) is 2.41. The lowest BCUT2D eigenvalue weighted by Crippen LogP contribution is -1.91. The molecule has 0 fully saturated rings. The van der Waals surface area contributed by atoms with Gasteiger partial charge in [-0.25, -0.2) is 0 Å². The van der Waals surface area contributed by atoms with E-state index in [0.29, 0.717) is 0 Å². The Labute approximate surface area is 83.7 Å². The van der Waals surface area contributed by atoms with Crippen LogP contribution < -0.4 is 0 Å². The van der Waals surface area contributed by atoms with Gasteiger partial charge in [-0.15, -0.1) is 0 Å². The van der Waals surface area contributed by atoms with Gasteiger partial charge in [0.25, 0.3) is 0 Å². The minimum Gasteiger partial charge on any atom is -0.264 e. The number of pyridine rings is 2. The van der Waals surface area contributed by atoms with Crippen molar-refractivity contribution in [3.05, 3.63) is 47.9 Å². The topological polar surface area (TPSA) is 25.8 Å². The van der Waals surface area contributed by atoms with Crippen LogP contribution in [0.5, 0.6) is 0 Å². The van der Waals surface area contributed by atoms with Crippen molar-refractivity contribution in [2.75, 3.05) is 0 Å². The quantitative estimate of drug-likeness (QED) is 0.681. The van der Waals surface area contributed by atoms with Crippen LogP contribution in [0.2, 0.25) is 0 Å². The summed E-state index contributed by atoms with van der Waals surface area (Å²) in [6.07, 6.45) is 5.45. The van der Waals surface area contributed by atoms with Crippen molar-refractivity contribution in [1.29, 1.82) is 0 Å². The second-order valence-corrected chi connectivity index (χ2v) is 3.34. The Morgan fingerprint density at radius 3 is 2.64 bits per heavy atom. The molecule has 0 aromatic carbocycles. The van der Waals surface area contributed by atoms with Crippen LogP contribution >= 0.6 is 0 Å². The lowest BCUT2D eigenvalue weighted by atomic mass is 10.1. The standard InChI is InChI=1S/C12H12N2/c1-9-5-7-14-12(10(9)2)11-4-3-6-13-8-11/h3-8H,1-2H3. The first-order chi connectivity index (χ1) is 6.79. The third kappa shape index (κ3) is 1.51. The zero-order valence-corrected chi connectivity index (χ0v) is 8.36. The Kier molecular flexibility index (Phi) is 2.27. The van der Waals surface area contributed by atoms with E-state index in [4.69, 9.17) is 0 Å². The first-order valence-electron chi connectivity index (χ1n) is 4.61. The maximum absolute atomic E-state index is 4.37. The predicted molar refractivity (Wildman–Crippen MR) is 56.9 cm³/mol. The molecule has 70 valence electrons. The molecule has 2 nitrogen and oxygen atoms in total. The average Bonchev–Trinajstić information content (AvgIpc) is 2.23. The lowest BCUT2D eigenvalue weighted by molar-refractivity contribution is 1.21. The van der Waals surface area contributed by atoms with Gasteiger partial charge in [-0.1, -0.05) is 0 Å². The summed E-state index contributed by atoms with van der Waals surface area (Å²) in [4.78, 5) is 8.46. The maximum Gasteiger partial charge on any atom is 0.0749 e. The summed E-state index contributed by atoms with van der Waals surface area (Å²) in [6.45, 7) is 4.18. The summed E-state index contributed by atoms with van der Waals surface area (Å²) in [6, 6.07) is 5.98. The minimum atomic E-state index is 1.03. The van der Waals surface area contributed by atoms with E-state index >= 15 is 0 Å². The number of aromatic nitrogens is 2. The number of nitrogens with zero attached hydrogens (tertiary/aromatic N) is 2. The van der Waals surface area contributed by atoms with E-state index in [9.17, 15) is 0 Å². The highest BCUT2D eigenvalue weighted by atomic mass is 14.7. The van der Waals surface area contributed by atoms with E-state index < -0.39 is 0 Å². The van der Waals surface area contributed by atoms with E-state index in [2.05, 4.69) is 23.8 Å². The molecule has 0 unspecified atom stereocenters. The first-order valence-corrected chi connectivity index (χ1v) is 4.61. The van der Waals surface area contributed by atoms with Gasteiger partial charge >= 0.3 is 0 Å². The van der Waals surface area contributed by atoms with Gasteiger partial charge in [0.1, 0.15) is 0 Å². The van der Waals surface area contributed by atoms with Crippen molar-refractivity contribution >= 4 is 0 Å². The van der Waals surface area contributed by atoms with Gasteiger partial charge in [-0.05, 0) is 43.2 Å². The summed E-state index contributed by atoms with van der Waals surface area (Å²) in [5.41, 5.74) is 4.59. The van der Waals surface area contributed by atoms with Crippen LogP contribution in [0, 0.1) is 13.8 Å². The molecule has 0 atom stereocenters. The Morgan fingerprint density at radius 1 is 1.07 bits per heavy atom. The summed E-state index contributed by atoms with van der Waals surface area (Å²) >= 11 is 0. The first kappa shape index (κ1) is 8.88. The van der Waals surface area contributed by atoms with Gasteiger partial charge in [-0.3, -0.25) is 9.97 Å². The second kappa shape index (κ2) is 3.58. The van der Waals surface area contributed by atoms with Crippen LogP contribution in [-0.2, 0) is 0 Å². The molecular weight excluding hydrogens is 172 g/mol. The molecule has 0 radical (unpaired) electrons. The SMILES string of the molecule is Cc1ccnc(-c2cccnc2)c1C. The summed E-state index contributed by atoms with van der Waals surface area (Å²) in [5, 5.41) is 0. The molecule has 0 N–H and O–H groups in total. The van der Waals surface area contributed by atoms with E-state index in [0.717, 1.165) is 11.3 Å². The van der Waals surface area contributed by atoms with Crippen molar-refractivity contribution in [2.24, 2.45) is 0 Å². The fraction of sp³-hybridized carbons (Fsp3) is 0.167. The molecule has 2 heteroatoms. The Hall–Kier alpha value is -1.70. The largest absolute Gasteiger partial charge is 0.264 e. The maximum atomic E-state index is 4.37. The smallest absolute Gasteiger partial charge is 0.0749 e. The number of rotatable bonds is 1. The van der Waals surface area contributed by atoms with Crippen molar-refractivity contribution in [1.82, 2.24) is 9.97 Å². The third-order valence-electron chi connectivity index (χ3n) is 2.41. The van der Waals surface area contributed by atoms with Gasteiger partial charge in [0, 0.05) is 24.2 Å². The van der Waals surface area contributed by atoms with E-state index in [1.807, 2.05) is 30.6 Å². The summed E-state index contributed by atoms with van der Waals surface area (Å²) < 4.78 is 0. The van der Waals surface area contributed by atoms with Crippen molar-refractivity contribution in [3.8, 4) is 11.3 Å². The monoisotopic (exact) mass is 184 g/mol. The van der Waals surface area contributed by atoms with Crippen LogP contribution in [-0.4, -0.2) is 9.97 Å². The molecule has 0 aliphatic heterocycles. The molecule has 2 aromatic heterocycles. The Balaban J connectivity index is 2.58. The Morgan fingerprint density at radius 2 is 1.93 bits per heavy atom. The average molecular weight is 184 g/mol. The molecule has 2 rings (SSSR count). The van der Waals surface area contributed by atoms with Gasteiger partial charge in [0.2, 0.25) is 0 Å². The fourth-order valence-electron chi connectivity index (χ4n) is 1.43. The molecular formula is C12H12N2. The number of aryl methyl sites for hydroxylation is 1. The normalized spacial score (nSPS) is 10.1. The van der Waals surface area contributed by atoms with Crippen molar-refractivity contribution in [3.63, 3.8) is 0 Å². The van der Waals surface area contributed by atoms with Crippen LogP contribution in [0.4, 0.5) is 0 Å². The molecule has 0 aliphatic rings. The summed E-state index contributed by atoms with van der Waals surface area (Å²) in [7, 11) is 0. The molecule has 0 bridgehead atoms. The van der Waals surface area contributed by atoms with Gasteiger partial charge < -0.3 is 0 Å². The van der Waals surface area contributed by atoms with Crippen molar-refractivity contribution < 1.29 is 0 Å². The molecule has 14 heavy (non-hydrogen) atoms. The summed E-state index contributed by atoms with van der Waals surface area (Å²) in [5.74, 6) is 0. The highest BCUT2D eigenvalue weighted by Crippen LogP contribution is 2.21. The highest BCUT2D eigenvalue weighted by Gasteiger charge is 2.04. The zero-order chi connectivity index (χ0) is 9.97. The molecule has 2 aromatic rings. The molecule has 2 heterocycles. The van der Waals surface area contributed by atoms with Crippen LogP contribution in [0.3, 0.4) is 0 Å². The van der Waals surface area contributed by atoms with Gasteiger partial charge in [0.15, 0.2) is 0 Å². The lowest BCUT2D eigenvalue weighted by Gasteiger charge is -2.06.